The van der Waals surface area contributed by atoms with E-state index in [2.05, 4.69) is 27.9 Å². The van der Waals surface area contributed by atoms with Gasteiger partial charge in [0, 0.05) is 9.26 Å². The summed E-state index contributed by atoms with van der Waals surface area (Å²) in [5.74, 6) is -1.71. The lowest BCUT2D eigenvalue weighted by atomic mass is 10.0. The number of carboxylic acids is 1. The van der Waals surface area contributed by atoms with Crippen molar-refractivity contribution in [2.75, 3.05) is 5.32 Å². The predicted octanol–water partition coefficient (Wildman–Crippen LogP) is 3.54. The van der Waals surface area contributed by atoms with Gasteiger partial charge in [-0.15, -0.1) is 0 Å². The van der Waals surface area contributed by atoms with E-state index in [1.54, 1.807) is 36.4 Å². The van der Waals surface area contributed by atoms with Crippen LogP contribution in [-0.4, -0.2) is 17.0 Å². The minimum Gasteiger partial charge on any atom is -0.478 e. The summed E-state index contributed by atoms with van der Waals surface area (Å²) in [6, 6.07) is 15.1. The second kappa shape index (κ2) is 7.56. The molecule has 5 nitrogen and oxygen atoms in total. The van der Waals surface area contributed by atoms with E-state index in [1.807, 2.05) is 12.1 Å². The smallest absolute Gasteiger partial charge is 0.336 e. The molecule has 0 spiro atoms. The number of rotatable bonds is 4. The summed E-state index contributed by atoms with van der Waals surface area (Å²) >= 11 is 2.14. The molecule has 0 radical (unpaired) electrons. The first-order chi connectivity index (χ1) is 11.0. The van der Waals surface area contributed by atoms with Crippen LogP contribution in [0.5, 0.6) is 0 Å². The number of aromatic carboxylic acids is 1. The van der Waals surface area contributed by atoms with Crippen LogP contribution in [0.25, 0.3) is 6.08 Å². The number of carbonyl (C=O) groups is 2. The normalized spacial score (nSPS) is 10.7. The topological polar surface area (TPSA) is 90.2 Å². The third-order valence-electron chi connectivity index (χ3n) is 2.96. The van der Waals surface area contributed by atoms with Crippen molar-refractivity contribution in [3.63, 3.8) is 0 Å². The molecule has 1 amide bonds. The molecule has 0 fully saturated rings. The number of anilines is 1. The minimum absolute atomic E-state index is 0.0299. The molecule has 2 aromatic carbocycles. The van der Waals surface area contributed by atoms with E-state index in [-0.39, 0.29) is 11.1 Å². The van der Waals surface area contributed by atoms with Crippen molar-refractivity contribution in [2.24, 2.45) is 0 Å². The van der Waals surface area contributed by atoms with E-state index < -0.39 is 11.9 Å². The Bertz CT molecular complexity index is 820. The van der Waals surface area contributed by atoms with Crippen molar-refractivity contribution >= 4 is 46.2 Å². The number of halogens is 1. The van der Waals surface area contributed by atoms with E-state index in [4.69, 9.17) is 5.11 Å². The fourth-order valence-corrected chi connectivity index (χ4v) is 2.21. The number of carbonyl (C=O) groups excluding carboxylic acids is 1. The monoisotopic (exact) mass is 418 g/mol. The summed E-state index contributed by atoms with van der Waals surface area (Å²) in [5, 5.41) is 20.9. The maximum absolute atomic E-state index is 12.2. The fraction of sp³-hybridized carbons (Fsp3) is 0. The largest absolute Gasteiger partial charge is 0.478 e. The molecule has 0 aliphatic rings. The number of hydrogen-bond acceptors (Lipinski definition) is 3. The number of nitrogens with zero attached hydrogens (tertiary/aromatic N) is 1. The van der Waals surface area contributed by atoms with Gasteiger partial charge in [0.2, 0.25) is 0 Å². The SMILES string of the molecule is N#C/C(=C\c1ccccc1C(=O)O)C(=O)Nc1ccc(I)cc1. The van der Waals surface area contributed by atoms with Crippen molar-refractivity contribution in [3.05, 3.63) is 68.8 Å². The molecule has 0 saturated carbocycles. The molecule has 114 valence electrons. The van der Waals surface area contributed by atoms with Gasteiger partial charge in [-0.25, -0.2) is 4.79 Å². The molecule has 0 bridgehead atoms. The van der Waals surface area contributed by atoms with E-state index >= 15 is 0 Å². The highest BCUT2D eigenvalue weighted by atomic mass is 127. The van der Waals surface area contributed by atoms with Crippen LogP contribution < -0.4 is 5.32 Å². The maximum Gasteiger partial charge on any atom is 0.336 e. The second-order valence-electron chi connectivity index (χ2n) is 4.52. The molecule has 2 N–H and O–H groups in total. The Morgan fingerprint density at radius 3 is 2.39 bits per heavy atom. The Morgan fingerprint density at radius 2 is 1.78 bits per heavy atom. The van der Waals surface area contributed by atoms with Crippen LogP contribution in [0.2, 0.25) is 0 Å². The van der Waals surface area contributed by atoms with Crippen molar-refractivity contribution in [2.45, 2.75) is 0 Å². The van der Waals surface area contributed by atoms with Crippen LogP contribution in [0.1, 0.15) is 15.9 Å². The van der Waals surface area contributed by atoms with Crippen LogP contribution in [0.4, 0.5) is 5.69 Å². The summed E-state index contributed by atoms with van der Waals surface area (Å²) in [5.41, 5.74) is 0.719. The van der Waals surface area contributed by atoms with E-state index in [9.17, 15) is 14.9 Å². The van der Waals surface area contributed by atoms with Gasteiger partial charge >= 0.3 is 5.97 Å². The van der Waals surface area contributed by atoms with Crippen LogP contribution in [0, 0.1) is 14.9 Å². The lowest BCUT2D eigenvalue weighted by molar-refractivity contribution is -0.112. The zero-order chi connectivity index (χ0) is 16.8. The van der Waals surface area contributed by atoms with Gasteiger partial charge in [-0.3, -0.25) is 4.79 Å². The van der Waals surface area contributed by atoms with Crippen molar-refractivity contribution in [3.8, 4) is 6.07 Å². The first kappa shape index (κ1) is 16.7. The number of hydrogen-bond donors (Lipinski definition) is 2. The first-order valence-electron chi connectivity index (χ1n) is 6.52. The van der Waals surface area contributed by atoms with Crippen LogP contribution in [0.15, 0.2) is 54.1 Å². The van der Waals surface area contributed by atoms with Crippen LogP contribution in [0.3, 0.4) is 0 Å². The zero-order valence-corrected chi connectivity index (χ0v) is 13.9. The number of benzene rings is 2. The van der Waals surface area contributed by atoms with E-state index in [0.29, 0.717) is 11.3 Å². The van der Waals surface area contributed by atoms with Gasteiger partial charge in [0.05, 0.1) is 5.56 Å². The Hall–Kier alpha value is -2.66. The molecule has 6 heteroatoms. The average Bonchev–Trinajstić information content (AvgIpc) is 2.54. The van der Waals surface area contributed by atoms with Crippen LogP contribution >= 0.6 is 22.6 Å². The molecule has 0 aliphatic carbocycles. The Kier molecular flexibility index (Phi) is 5.49. The third kappa shape index (κ3) is 4.40. The standard InChI is InChI=1S/C17H11IN2O3/c18-13-5-7-14(8-6-13)20-16(21)12(10-19)9-11-3-1-2-4-15(11)17(22)23/h1-9H,(H,20,21)(H,22,23)/b12-9+. The van der Waals surface area contributed by atoms with E-state index in [0.717, 1.165) is 3.57 Å². The van der Waals surface area contributed by atoms with Gasteiger partial charge in [0.1, 0.15) is 11.6 Å². The summed E-state index contributed by atoms with van der Waals surface area (Å²) in [6.07, 6.45) is 1.27. The van der Waals surface area contributed by atoms with E-state index in [1.165, 1.54) is 12.1 Å². The average molecular weight is 418 g/mol. The van der Waals surface area contributed by atoms with Gasteiger partial charge in [0.15, 0.2) is 0 Å². The molecular formula is C17H11IN2O3. The molecule has 0 saturated heterocycles. The third-order valence-corrected chi connectivity index (χ3v) is 3.68. The molecule has 0 heterocycles. The highest BCUT2D eigenvalue weighted by Gasteiger charge is 2.13. The summed E-state index contributed by atoms with van der Waals surface area (Å²) in [6.45, 7) is 0. The second-order valence-corrected chi connectivity index (χ2v) is 5.77. The zero-order valence-electron chi connectivity index (χ0n) is 11.8. The first-order valence-corrected chi connectivity index (χ1v) is 7.60. The van der Waals surface area contributed by atoms with Gasteiger partial charge in [-0.2, -0.15) is 5.26 Å². The Balaban J connectivity index is 2.29. The van der Waals surface area contributed by atoms with Gasteiger partial charge in [-0.05, 0) is 64.6 Å². The minimum atomic E-state index is -1.12. The summed E-state index contributed by atoms with van der Waals surface area (Å²) in [4.78, 5) is 23.3. The molecule has 0 aliphatic heterocycles. The van der Waals surface area contributed by atoms with Crippen molar-refractivity contribution in [1.82, 2.24) is 0 Å². The molecule has 0 aromatic heterocycles. The van der Waals surface area contributed by atoms with Gasteiger partial charge in [0.25, 0.3) is 5.91 Å². The Morgan fingerprint density at radius 1 is 1.13 bits per heavy atom. The molecule has 0 atom stereocenters. The lowest BCUT2D eigenvalue weighted by Gasteiger charge is -2.05. The van der Waals surface area contributed by atoms with Gasteiger partial charge < -0.3 is 10.4 Å². The lowest BCUT2D eigenvalue weighted by Crippen LogP contribution is -2.13. The quantitative estimate of drug-likeness (QED) is 0.452. The summed E-state index contributed by atoms with van der Waals surface area (Å²) in [7, 11) is 0. The molecule has 0 unspecified atom stereocenters. The van der Waals surface area contributed by atoms with Gasteiger partial charge in [-0.1, -0.05) is 18.2 Å². The Labute approximate surface area is 146 Å². The van der Waals surface area contributed by atoms with Crippen LogP contribution in [-0.2, 0) is 4.79 Å². The number of carboxylic acid groups (broad SMARTS) is 1. The number of nitrogens with one attached hydrogen (secondary N) is 1. The number of nitriles is 1. The molecule has 2 rings (SSSR count). The highest BCUT2D eigenvalue weighted by Crippen LogP contribution is 2.16. The maximum atomic E-state index is 12.2. The summed E-state index contributed by atoms with van der Waals surface area (Å²) < 4.78 is 1.02. The molecular weight excluding hydrogens is 407 g/mol. The molecule has 2 aromatic rings. The number of amides is 1. The highest BCUT2D eigenvalue weighted by molar-refractivity contribution is 14.1. The fourth-order valence-electron chi connectivity index (χ4n) is 1.85. The van der Waals surface area contributed by atoms with Crippen molar-refractivity contribution in [1.29, 1.82) is 5.26 Å². The van der Waals surface area contributed by atoms with Crippen molar-refractivity contribution < 1.29 is 14.7 Å². The predicted molar refractivity (Wildman–Crippen MR) is 94.8 cm³/mol. The molecule has 23 heavy (non-hydrogen) atoms.